The van der Waals surface area contributed by atoms with Crippen molar-refractivity contribution in [2.75, 3.05) is 33.3 Å². The zero-order valence-electron chi connectivity index (χ0n) is 17.9. The van der Waals surface area contributed by atoms with Gasteiger partial charge in [0.1, 0.15) is 11.9 Å². The Balaban J connectivity index is 1.37. The summed E-state index contributed by atoms with van der Waals surface area (Å²) in [5, 5.41) is 0. The van der Waals surface area contributed by atoms with E-state index in [4.69, 9.17) is 9.47 Å². The lowest BCUT2D eigenvalue weighted by Crippen LogP contribution is -2.43. The molecule has 2 fully saturated rings. The number of hydrogen-bond donors (Lipinski definition) is 0. The number of carbonyl (C=O) groups excluding carboxylic acids is 2. The number of hydrogen-bond acceptors (Lipinski definition) is 5. The summed E-state index contributed by atoms with van der Waals surface area (Å²) >= 11 is 0. The molecule has 0 saturated carbocycles. The maximum Gasteiger partial charge on any atom is 0.257 e. The van der Waals surface area contributed by atoms with E-state index in [1.165, 1.54) is 0 Å². The monoisotopic (exact) mass is 423 g/mol. The quantitative estimate of drug-likeness (QED) is 0.739. The maximum atomic E-state index is 13.2. The summed E-state index contributed by atoms with van der Waals surface area (Å²) < 4.78 is 11.7. The summed E-state index contributed by atoms with van der Waals surface area (Å²) in [4.78, 5) is 33.5. The molecule has 0 N–H and O–H groups in total. The first-order chi connectivity index (χ1) is 15.2. The van der Waals surface area contributed by atoms with Crippen LogP contribution in [0.4, 0.5) is 0 Å². The second-order valence-corrected chi connectivity index (χ2v) is 8.10. The van der Waals surface area contributed by atoms with Gasteiger partial charge < -0.3 is 19.3 Å². The van der Waals surface area contributed by atoms with Crippen LogP contribution in [0.15, 0.2) is 48.8 Å². The zero-order valence-corrected chi connectivity index (χ0v) is 17.9. The maximum absolute atomic E-state index is 13.2. The van der Waals surface area contributed by atoms with Crippen molar-refractivity contribution in [3.63, 3.8) is 0 Å². The summed E-state index contributed by atoms with van der Waals surface area (Å²) in [5.74, 6) is 0.602. The van der Waals surface area contributed by atoms with E-state index >= 15 is 0 Å². The van der Waals surface area contributed by atoms with Gasteiger partial charge in [-0.2, -0.15) is 0 Å². The molecule has 0 aliphatic carbocycles. The number of carbonyl (C=O) groups is 2. The van der Waals surface area contributed by atoms with E-state index in [1.54, 1.807) is 31.6 Å². The van der Waals surface area contributed by atoms with Crippen molar-refractivity contribution in [2.24, 2.45) is 0 Å². The average molecular weight is 424 g/mol. The van der Waals surface area contributed by atoms with Crippen LogP contribution in [0.25, 0.3) is 0 Å². The standard InChI is InChI=1S/C24H29N3O4/c1-30-20-7-5-13-27(17-20)24(29)21-8-2-3-9-22(21)31-19-10-14-26(15-11-19)23(28)18-6-4-12-25-16-18/h2-4,6,8-9,12,16,19-20H,5,7,10-11,13-15,17H2,1H3/t20-/m0/s1. The predicted molar refractivity (Wildman–Crippen MR) is 116 cm³/mol. The Kier molecular flexibility index (Phi) is 6.82. The number of pyridine rings is 1. The fourth-order valence-electron chi connectivity index (χ4n) is 4.26. The highest BCUT2D eigenvalue weighted by atomic mass is 16.5. The summed E-state index contributed by atoms with van der Waals surface area (Å²) in [7, 11) is 1.70. The molecule has 3 heterocycles. The smallest absolute Gasteiger partial charge is 0.257 e. The van der Waals surface area contributed by atoms with Crippen molar-refractivity contribution in [2.45, 2.75) is 37.9 Å². The number of likely N-dealkylation sites (tertiary alicyclic amines) is 2. The van der Waals surface area contributed by atoms with Gasteiger partial charge in [0.15, 0.2) is 0 Å². The lowest BCUT2D eigenvalue weighted by atomic mass is 10.0. The van der Waals surface area contributed by atoms with E-state index in [9.17, 15) is 9.59 Å². The minimum absolute atomic E-state index is 0.0000707. The molecule has 2 aromatic rings. The summed E-state index contributed by atoms with van der Waals surface area (Å²) in [6.45, 7) is 2.59. The number of rotatable bonds is 5. The Morgan fingerprint density at radius 2 is 1.74 bits per heavy atom. The molecule has 4 rings (SSSR count). The van der Waals surface area contributed by atoms with Crippen LogP contribution in [0.1, 0.15) is 46.4 Å². The van der Waals surface area contributed by atoms with Crippen molar-refractivity contribution < 1.29 is 19.1 Å². The first kappa shape index (κ1) is 21.3. The number of nitrogens with zero attached hydrogens (tertiary/aromatic N) is 3. The molecular weight excluding hydrogens is 394 g/mol. The van der Waals surface area contributed by atoms with Crippen molar-refractivity contribution in [1.82, 2.24) is 14.8 Å². The highest BCUT2D eigenvalue weighted by Gasteiger charge is 2.28. The van der Waals surface area contributed by atoms with Crippen molar-refractivity contribution in [1.29, 1.82) is 0 Å². The summed E-state index contributed by atoms with van der Waals surface area (Å²) in [6, 6.07) is 11.0. The van der Waals surface area contributed by atoms with Crippen LogP contribution in [0.3, 0.4) is 0 Å². The van der Waals surface area contributed by atoms with Crippen LogP contribution >= 0.6 is 0 Å². The van der Waals surface area contributed by atoms with Crippen LogP contribution in [0, 0.1) is 0 Å². The van der Waals surface area contributed by atoms with Gasteiger partial charge in [-0.25, -0.2) is 0 Å². The summed E-state index contributed by atoms with van der Waals surface area (Å²) in [5.41, 5.74) is 1.20. The second kappa shape index (κ2) is 9.92. The highest BCUT2D eigenvalue weighted by molar-refractivity contribution is 5.97. The Bertz CT molecular complexity index is 897. The van der Waals surface area contributed by atoms with Gasteiger partial charge in [0.2, 0.25) is 0 Å². The molecule has 1 aromatic carbocycles. The van der Waals surface area contributed by atoms with Crippen LogP contribution < -0.4 is 4.74 Å². The first-order valence-corrected chi connectivity index (χ1v) is 10.9. The van der Waals surface area contributed by atoms with Crippen LogP contribution in [0.2, 0.25) is 0 Å². The SMILES string of the molecule is CO[C@H]1CCCN(C(=O)c2ccccc2OC2CCN(C(=O)c3cccnc3)CC2)C1. The van der Waals surface area contributed by atoms with E-state index in [1.807, 2.05) is 34.1 Å². The average Bonchev–Trinajstić information content (AvgIpc) is 2.84. The van der Waals surface area contributed by atoms with Crippen LogP contribution in [0.5, 0.6) is 5.75 Å². The first-order valence-electron chi connectivity index (χ1n) is 10.9. The van der Waals surface area contributed by atoms with E-state index in [0.717, 1.165) is 32.2 Å². The van der Waals surface area contributed by atoms with Crippen molar-refractivity contribution >= 4 is 11.8 Å². The zero-order chi connectivity index (χ0) is 21.6. The molecule has 7 nitrogen and oxygen atoms in total. The molecule has 2 aliphatic rings. The molecule has 1 atom stereocenters. The topological polar surface area (TPSA) is 72.0 Å². The Labute approximate surface area is 183 Å². The molecule has 7 heteroatoms. The van der Waals surface area contributed by atoms with Gasteiger partial charge in [-0.1, -0.05) is 12.1 Å². The fourth-order valence-corrected chi connectivity index (χ4v) is 4.26. The predicted octanol–water partition coefficient (Wildman–Crippen LogP) is 3.02. The molecule has 0 bridgehead atoms. The molecule has 0 radical (unpaired) electrons. The number of piperidine rings is 2. The Hall–Kier alpha value is -2.93. The van der Waals surface area contributed by atoms with E-state index in [2.05, 4.69) is 4.98 Å². The third kappa shape index (κ3) is 5.05. The number of benzene rings is 1. The largest absolute Gasteiger partial charge is 0.489 e. The number of methoxy groups -OCH3 is 1. The Morgan fingerprint density at radius 1 is 0.935 bits per heavy atom. The molecule has 2 aliphatic heterocycles. The minimum atomic E-state index is -0.0278. The number of para-hydroxylation sites is 1. The molecular formula is C24H29N3O4. The van der Waals surface area contributed by atoms with Gasteiger partial charge in [0.05, 0.1) is 17.2 Å². The van der Waals surface area contributed by atoms with Gasteiger partial charge in [-0.3, -0.25) is 14.6 Å². The number of aromatic nitrogens is 1. The molecule has 2 amide bonds. The van der Waals surface area contributed by atoms with Gasteiger partial charge in [0, 0.05) is 58.5 Å². The summed E-state index contributed by atoms with van der Waals surface area (Å²) in [6.07, 6.45) is 6.70. The van der Waals surface area contributed by atoms with Crippen molar-refractivity contribution in [3.05, 3.63) is 59.9 Å². The molecule has 0 spiro atoms. The highest BCUT2D eigenvalue weighted by Crippen LogP contribution is 2.26. The molecule has 1 aromatic heterocycles. The molecule has 0 unspecified atom stereocenters. The van der Waals surface area contributed by atoms with E-state index in [-0.39, 0.29) is 24.0 Å². The van der Waals surface area contributed by atoms with Gasteiger partial charge >= 0.3 is 0 Å². The third-order valence-corrected chi connectivity index (χ3v) is 6.05. The molecule has 31 heavy (non-hydrogen) atoms. The lowest BCUT2D eigenvalue weighted by molar-refractivity contribution is 0.0264. The van der Waals surface area contributed by atoms with Gasteiger partial charge in [0.25, 0.3) is 11.8 Å². The molecule has 164 valence electrons. The fraction of sp³-hybridized carbons (Fsp3) is 0.458. The van der Waals surface area contributed by atoms with Crippen LogP contribution in [-0.4, -0.2) is 72.1 Å². The van der Waals surface area contributed by atoms with E-state index in [0.29, 0.717) is 36.5 Å². The normalized spacial score (nSPS) is 19.8. The lowest BCUT2D eigenvalue weighted by Gasteiger charge is -2.34. The molecule has 2 saturated heterocycles. The number of amides is 2. The number of ether oxygens (including phenoxy) is 2. The van der Waals surface area contributed by atoms with Crippen LogP contribution in [-0.2, 0) is 4.74 Å². The van der Waals surface area contributed by atoms with Gasteiger partial charge in [-0.05, 0) is 37.1 Å². The second-order valence-electron chi connectivity index (χ2n) is 8.10. The van der Waals surface area contributed by atoms with Gasteiger partial charge in [-0.15, -0.1) is 0 Å². The third-order valence-electron chi connectivity index (χ3n) is 6.05. The van der Waals surface area contributed by atoms with Crippen molar-refractivity contribution in [3.8, 4) is 5.75 Å². The Morgan fingerprint density at radius 3 is 2.48 bits per heavy atom. The minimum Gasteiger partial charge on any atom is -0.489 e. The van der Waals surface area contributed by atoms with E-state index < -0.39 is 0 Å².